The lowest BCUT2D eigenvalue weighted by molar-refractivity contribution is 0.281. The highest BCUT2D eigenvalue weighted by Gasteiger charge is 2.27. The van der Waals surface area contributed by atoms with Crippen molar-refractivity contribution in [3.8, 4) is 0 Å². The van der Waals surface area contributed by atoms with Gasteiger partial charge in [-0.2, -0.15) is 0 Å². The smallest absolute Gasteiger partial charge is 0.0394 e. The molecule has 2 heteroatoms. The van der Waals surface area contributed by atoms with Crippen LogP contribution in [0.2, 0.25) is 0 Å². The SMILES string of the molecule is CN1CCC2C(=CC=CC2Br)C1. The zero-order valence-electron chi connectivity index (χ0n) is 7.33. The number of hydrogen-bond acceptors (Lipinski definition) is 1. The van der Waals surface area contributed by atoms with Crippen molar-refractivity contribution in [1.82, 2.24) is 4.90 Å². The molecule has 0 aromatic heterocycles. The third kappa shape index (κ3) is 1.50. The van der Waals surface area contributed by atoms with Crippen LogP contribution in [0.4, 0.5) is 0 Å². The molecule has 0 radical (unpaired) electrons. The Balaban J connectivity index is 2.16. The zero-order chi connectivity index (χ0) is 8.55. The van der Waals surface area contributed by atoms with Crippen LogP contribution in [-0.2, 0) is 0 Å². The van der Waals surface area contributed by atoms with Crippen LogP contribution >= 0.6 is 15.9 Å². The Morgan fingerprint density at radius 2 is 2.42 bits per heavy atom. The molecule has 1 fully saturated rings. The summed E-state index contributed by atoms with van der Waals surface area (Å²) < 4.78 is 0. The van der Waals surface area contributed by atoms with E-state index in [0.29, 0.717) is 4.83 Å². The number of hydrogen-bond donors (Lipinski definition) is 0. The molecule has 0 bridgehead atoms. The lowest BCUT2D eigenvalue weighted by atomic mass is 9.85. The summed E-state index contributed by atoms with van der Waals surface area (Å²) in [5, 5.41) is 0. The number of piperidine rings is 1. The van der Waals surface area contributed by atoms with Crippen LogP contribution in [0.3, 0.4) is 0 Å². The third-order valence-electron chi connectivity index (χ3n) is 2.74. The molecule has 2 aliphatic rings. The fourth-order valence-corrected chi connectivity index (χ4v) is 2.79. The van der Waals surface area contributed by atoms with Crippen LogP contribution in [0.5, 0.6) is 0 Å². The van der Waals surface area contributed by atoms with Gasteiger partial charge in [-0.05, 0) is 25.9 Å². The first-order valence-corrected chi connectivity index (χ1v) is 5.39. The Kier molecular flexibility index (Phi) is 2.37. The van der Waals surface area contributed by atoms with Crippen LogP contribution in [-0.4, -0.2) is 29.9 Å². The maximum atomic E-state index is 3.70. The molecule has 0 N–H and O–H groups in total. The Bertz CT molecular complexity index is 232. The van der Waals surface area contributed by atoms with E-state index in [0.717, 1.165) is 12.5 Å². The van der Waals surface area contributed by atoms with E-state index < -0.39 is 0 Å². The fourth-order valence-electron chi connectivity index (χ4n) is 2.01. The molecular formula is C10H14BrN. The number of alkyl halides is 1. The Morgan fingerprint density at radius 3 is 3.25 bits per heavy atom. The van der Waals surface area contributed by atoms with Gasteiger partial charge in [0.1, 0.15) is 0 Å². The van der Waals surface area contributed by atoms with E-state index in [2.05, 4.69) is 46.1 Å². The Labute approximate surface area is 82.3 Å². The molecule has 0 aromatic rings. The number of likely N-dealkylation sites (N-methyl/N-ethyl adjacent to an activating group) is 1. The van der Waals surface area contributed by atoms with Crippen LogP contribution in [0.15, 0.2) is 23.8 Å². The van der Waals surface area contributed by atoms with Gasteiger partial charge in [-0.25, -0.2) is 0 Å². The summed E-state index contributed by atoms with van der Waals surface area (Å²) >= 11 is 3.70. The van der Waals surface area contributed by atoms with Crippen molar-refractivity contribution in [2.75, 3.05) is 20.1 Å². The highest BCUT2D eigenvalue weighted by atomic mass is 79.9. The second-order valence-corrected chi connectivity index (χ2v) is 4.76. The van der Waals surface area contributed by atoms with Crippen molar-refractivity contribution < 1.29 is 0 Å². The van der Waals surface area contributed by atoms with Gasteiger partial charge in [0, 0.05) is 11.4 Å². The average molecular weight is 228 g/mol. The normalized spacial score (nSPS) is 36.0. The van der Waals surface area contributed by atoms with Gasteiger partial charge in [-0.1, -0.05) is 39.7 Å². The van der Waals surface area contributed by atoms with E-state index in [1.807, 2.05) is 0 Å². The van der Waals surface area contributed by atoms with Crippen LogP contribution < -0.4 is 0 Å². The highest BCUT2D eigenvalue weighted by molar-refractivity contribution is 9.09. The minimum absolute atomic E-state index is 0.575. The summed E-state index contributed by atoms with van der Waals surface area (Å²) in [5.74, 6) is 0.756. The molecule has 0 saturated carbocycles. The zero-order valence-corrected chi connectivity index (χ0v) is 8.92. The molecule has 1 heterocycles. The summed E-state index contributed by atoms with van der Waals surface area (Å²) in [6.45, 7) is 2.38. The lowest BCUT2D eigenvalue weighted by Gasteiger charge is -2.35. The summed E-state index contributed by atoms with van der Waals surface area (Å²) in [5.41, 5.74) is 1.59. The molecule has 0 amide bonds. The van der Waals surface area contributed by atoms with Crippen molar-refractivity contribution in [3.05, 3.63) is 23.8 Å². The van der Waals surface area contributed by atoms with Gasteiger partial charge in [0.2, 0.25) is 0 Å². The maximum Gasteiger partial charge on any atom is 0.0394 e. The molecule has 1 nitrogen and oxygen atoms in total. The summed E-state index contributed by atoms with van der Waals surface area (Å²) in [7, 11) is 2.19. The van der Waals surface area contributed by atoms with E-state index in [1.165, 1.54) is 13.0 Å². The van der Waals surface area contributed by atoms with Gasteiger partial charge in [0.15, 0.2) is 0 Å². The molecule has 1 aliphatic carbocycles. The molecule has 12 heavy (non-hydrogen) atoms. The highest BCUT2D eigenvalue weighted by Crippen LogP contribution is 2.32. The Hall–Kier alpha value is -0.0800. The molecule has 2 unspecified atom stereocenters. The van der Waals surface area contributed by atoms with Gasteiger partial charge in [-0.15, -0.1) is 0 Å². The van der Waals surface area contributed by atoms with Crippen molar-refractivity contribution in [2.24, 2.45) is 5.92 Å². The molecule has 0 aromatic carbocycles. The minimum Gasteiger partial charge on any atom is -0.302 e. The lowest BCUT2D eigenvalue weighted by Crippen LogP contribution is -2.36. The van der Waals surface area contributed by atoms with E-state index >= 15 is 0 Å². The van der Waals surface area contributed by atoms with E-state index in [-0.39, 0.29) is 0 Å². The molecular weight excluding hydrogens is 214 g/mol. The number of nitrogens with zero attached hydrogens (tertiary/aromatic N) is 1. The van der Waals surface area contributed by atoms with Gasteiger partial charge in [0.05, 0.1) is 0 Å². The first-order valence-electron chi connectivity index (χ1n) is 4.47. The third-order valence-corrected chi connectivity index (χ3v) is 3.68. The van der Waals surface area contributed by atoms with Crippen molar-refractivity contribution in [1.29, 1.82) is 0 Å². The van der Waals surface area contributed by atoms with Gasteiger partial charge >= 0.3 is 0 Å². The van der Waals surface area contributed by atoms with Crippen molar-refractivity contribution in [2.45, 2.75) is 11.2 Å². The molecule has 2 rings (SSSR count). The number of likely N-dealkylation sites (tertiary alicyclic amines) is 1. The van der Waals surface area contributed by atoms with Crippen molar-refractivity contribution in [3.63, 3.8) is 0 Å². The van der Waals surface area contributed by atoms with Crippen LogP contribution in [0.25, 0.3) is 0 Å². The van der Waals surface area contributed by atoms with Gasteiger partial charge < -0.3 is 4.90 Å². The standard InChI is InChI=1S/C10H14BrN/c1-12-6-5-9-8(7-12)3-2-4-10(9)11/h2-4,9-10H,5-7H2,1H3. The quantitative estimate of drug-likeness (QED) is 0.574. The van der Waals surface area contributed by atoms with E-state index in [1.54, 1.807) is 5.57 Å². The first-order chi connectivity index (χ1) is 5.77. The van der Waals surface area contributed by atoms with Crippen LogP contribution in [0, 0.1) is 5.92 Å². The van der Waals surface area contributed by atoms with Gasteiger partial charge in [-0.3, -0.25) is 0 Å². The molecule has 1 saturated heterocycles. The fraction of sp³-hybridized carbons (Fsp3) is 0.600. The molecule has 0 spiro atoms. The molecule has 2 atom stereocenters. The number of rotatable bonds is 0. The van der Waals surface area contributed by atoms with Crippen LogP contribution in [0.1, 0.15) is 6.42 Å². The summed E-state index contributed by atoms with van der Waals surface area (Å²) in [4.78, 5) is 2.97. The molecule has 66 valence electrons. The van der Waals surface area contributed by atoms with Gasteiger partial charge in [0.25, 0.3) is 0 Å². The van der Waals surface area contributed by atoms with Crippen molar-refractivity contribution >= 4 is 15.9 Å². The molecule has 1 aliphatic heterocycles. The van der Waals surface area contributed by atoms with E-state index in [4.69, 9.17) is 0 Å². The monoisotopic (exact) mass is 227 g/mol. The second-order valence-electron chi connectivity index (χ2n) is 3.70. The predicted molar refractivity (Wildman–Crippen MR) is 55.5 cm³/mol. The average Bonchev–Trinajstić information content (AvgIpc) is 2.04. The predicted octanol–water partition coefficient (Wildman–Crippen LogP) is 2.20. The summed E-state index contributed by atoms with van der Waals surface area (Å²) in [6, 6.07) is 0. The number of fused-ring (bicyclic) bond motifs is 1. The minimum atomic E-state index is 0.575. The topological polar surface area (TPSA) is 3.24 Å². The maximum absolute atomic E-state index is 3.70. The summed E-state index contributed by atoms with van der Waals surface area (Å²) in [6.07, 6.45) is 7.99. The largest absolute Gasteiger partial charge is 0.302 e. The first kappa shape index (κ1) is 8.52. The van der Waals surface area contributed by atoms with E-state index in [9.17, 15) is 0 Å². The number of allylic oxidation sites excluding steroid dienone is 3. The number of halogens is 1. The Morgan fingerprint density at radius 1 is 1.58 bits per heavy atom. The second kappa shape index (κ2) is 3.35.